The van der Waals surface area contributed by atoms with Crippen molar-refractivity contribution in [1.29, 1.82) is 0 Å². The summed E-state index contributed by atoms with van der Waals surface area (Å²) in [6.45, 7) is 1.80. The summed E-state index contributed by atoms with van der Waals surface area (Å²) < 4.78 is 6.29. The van der Waals surface area contributed by atoms with E-state index in [2.05, 4.69) is 26.2 Å². The van der Waals surface area contributed by atoms with Crippen LogP contribution in [-0.2, 0) is 4.79 Å². The topological polar surface area (TPSA) is 51.2 Å². The third-order valence-electron chi connectivity index (χ3n) is 2.22. The van der Waals surface area contributed by atoms with Gasteiger partial charge in [-0.25, -0.2) is 4.98 Å². The van der Waals surface area contributed by atoms with E-state index >= 15 is 0 Å². The molecule has 4 nitrogen and oxygen atoms in total. The number of aromatic nitrogens is 1. The molecule has 0 radical (unpaired) electrons. The average molecular weight is 362 g/mol. The van der Waals surface area contributed by atoms with Crippen molar-refractivity contribution < 1.29 is 9.53 Å². The van der Waals surface area contributed by atoms with Crippen LogP contribution in [0.1, 0.15) is 5.56 Å². The van der Waals surface area contributed by atoms with Gasteiger partial charge >= 0.3 is 0 Å². The van der Waals surface area contributed by atoms with Crippen LogP contribution in [0.2, 0.25) is 5.02 Å². The van der Waals surface area contributed by atoms with E-state index in [9.17, 15) is 4.79 Å². The quantitative estimate of drug-likeness (QED) is 0.899. The van der Waals surface area contributed by atoms with Crippen molar-refractivity contribution in [3.63, 3.8) is 0 Å². The summed E-state index contributed by atoms with van der Waals surface area (Å²) in [5, 5.41) is 3.83. The number of aryl methyl sites for hydroxylation is 1. The molecule has 2 aromatic rings. The van der Waals surface area contributed by atoms with Crippen molar-refractivity contribution in [2.75, 3.05) is 11.9 Å². The number of benzene rings is 1. The van der Waals surface area contributed by atoms with E-state index in [4.69, 9.17) is 16.3 Å². The summed E-state index contributed by atoms with van der Waals surface area (Å²) >= 11 is 10.5. The highest BCUT2D eigenvalue weighted by molar-refractivity contribution is 9.11. The highest BCUT2D eigenvalue weighted by Crippen LogP contribution is 2.24. The zero-order valence-corrected chi connectivity index (χ0v) is 13.1. The second-order valence-electron chi connectivity index (χ2n) is 3.72. The zero-order chi connectivity index (χ0) is 13.8. The van der Waals surface area contributed by atoms with Gasteiger partial charge in [0.1, 0.15) is 5.75 Å². The van der Waals surface area contributed by atoms with Crippen LogP contribution < -0.4 is 10.1 Å². The molecule has 0 atom stereocenters. The molecule has 7 heteroatoms. The van der Waals surface area contributed by atoms with E-state index in [0.717, 1.165) is 9.35 Å². The van der Waals surface area contributed by atoms with Crippen LogP contribution in [0.15, 0.2) is 28.2 Å². The fourth-order valence-corrected chi connectivity index (χ4v) is 2.74. The van der Waals surface area contributed by atoms with Crippen LogP contribution in [0.5, 0.6) is 5.75 Å². The molecule has 1 heterocycles. The second-order valence-corrected chi connectivity index (χ2v) is 6.56. The number of hydrogen-bond donors (Lipinski definition) is 1. The minimum Gasteiger partial charge on any atom is -0.483 e. The highest BCUT2D eigenvalue weighted by atomic mass is 79.9. The summed E-state index contributed by atoms with van der Waals surface area (Å²) in [4.78, 5) is 15.7. The van der Waals surface area contributed by atoms with E-state index < -0.39 is 0 Å². The number of nitrogens with one attached hydrogen (secondary N) is 1. The molecule has 1 N–H and O–H groups in total. The van der Waals surface area contributed by atoms with Crippen molar-refractivity contribution in [1.82, 2.24) is 4.98 Å². The number of carbonyl (C=O) groups is 1. The number of hydrogen-bond acceptors (Lipinski definition) is 4. The highest BCUT2D eigenvalue weighted by Gasteiger charge is 2.08. The van der Waals surface area contributed by atoms with Gasteiger partial charge in [0, 0.05) is 5.02 Å². The molecule has 2 rings (SSSR count). The van der Waals surface area contributed by atoms with Gasteiger partial charge < -0.3 is 4.74 Å². The molecule has 0 bridgehead atoms. The van der Waals surface area contributed by atoms with Gasteiger partial charge in [0.05, 0.1) is 9.98 Å². The molecular formula is C12H10BrClN2O2S. The third-order valence-corrected chi connectivity index (χ3v) is 3.85. The van der Waals surface area contributed by atoms with Gasteiger partial charge in [0.15, 0.2) is 11.7 Å². The largest absolute Gasteiger partial charge is 0.483 e. The van der Waals surface area contributed by atoms with Crippen molar-refractivity contribution in [2.45, 2.75) is 6.92 Å². The summed E-state index contributed by atoms with van der Waals surface area (Å²) in [6.07, 6.45) is 1.63. The maximum Gasteiger partial charge on any atom is 0.264 e. The fourth-order valence-electron chi connectivity index (χ4n) is 1.39. The van der Waals surface area contributed by atoms with Gasteiger partial charge in [-0.1, -0.05) is 22.9 Å². The molecule has 0 aliphatic carbocycles. The Hall–Kier alpha value is -1.11. The number of anilines is 1. The molecule has 1 aromatic carbocycles. The lowest BCUT2D eigenvalue weighted by Gasteiger charge is -2.08. The molecule has 0 saturated heterocycles. The predicted molar refractivity (Wildman–Crippen MR) is 80.1 cm³/mol. The van der Waals surface area contributed by atoms with Crippen LogP contribution in [-0.4, -0.2) is 17.5 Å². The number of rotatable bonds is 4. The molecule has 0 spiro atoms. The van der Waals surface area contributed by atoms with Crippen molar-refractivity contribution in [3.8, 4) is 5.75 Å². The molecule has 0 unspecified atom stereocenters. The Morgan fingerprint density at radius 3 is 3.00 bits per heavy atom. The number of nitrogens with zero attached hydrogens (tertiary/aromatic N) is 1. The molecule has 1 amide bonds. The Labute approximate surface area is 127 Å². The van der Waals surface area contributed by atoms with Crippen LogP contribution in [0.25, 0.3) is 0 Å². The van der Waals surface area contributed by atoms with Crippen molar-refractivity contribution >= 4 is 49.9 Å². The monoisotopic (exact) mass is 360 g/mol. The smallest absolute Gasteiger partial charge is 0.264 e. The van der Waals surface area contributed by atoms with E-state index in [1.165, 1.54) is 11.3 Å². The first-order chi connectivity index (χ1) is 9.04. The number of halogens is 2. The molecular weight excluding hydrogens is 352 g/mol. The number of thiazole rings is 1. The first kappa shape index (κ1) is 14.3. The van der Waals surface area contributed by atoms with Gasteiger partial charge in [0.2, 0.25) is 0 Å². The van der Waals surface area contributed by atoms with Crippen molar-refractivity contribution in [3.05, 3.63) is 38.8 Å². The lowest BCUT2D eigenvalue weighted by Crippen LogP contribution is -2.20. The van der Waals surface area contributed by atoms with Gasteiger partial charge in [0.25, 0.3) is 5.91 Å². The van der Waals surface area contributed by atoms with Gasteiger partial charge in [-0.15, -0.1) is 0 Å². The predicted octanol–water partition coefficient (Wildman–Crippen LogP) is 3.88. The Bertz CT molecular complexity index is 603. The van der Waals surface area contributed by atoms with E-state index in [0.29, 0.717) is 15.9 Å². The second kappa shape index (κ2) is 6.36. The number of carbonyl (C=O) groups excluding carboxylic acids is 1. The maximum atomic E-state index is 11.7. The Kier molecular flexibility index (Phi) is 4.79. The minimum atomic E-state index is -0.254. The number of ether oxygens (including phenoxy) is 1. The van der Waals surface area contributed by atoms with Crippen LogP contribution >= 0.6 is 38.9 Å². The van der Waals surface area contributed by atoms with E-state index in [-0.39, 0.29) is 12.5 Å². The molecule has 1 aromatic heterocycles. The summed E-state index contributed by atoms with van der Waals surface area (Å²) in [5.74, 6) is 0.385. The summed E-state index contributed by atoms with van der Waals surface area (Å²) in [7, 11) is 0. The van der Waals surface area contributed by atoms with Gasteiger partial charge in [-0.3, -0.25) is 10.1 Å². The van der Waals surface area contributed by atoms with Gasteiger partial charge in [-0.05, 0) is 46.6 Å². The van der Waals surface area contributed by atoms with Crippen LogP contribution in [0, 0.1) is 6.92 Å². The lowest BCUT2D eigenvalue weighted by molar-refractivity contribution is -0.118. The summed E-state index contributed by atoms with van der Waals surface area (Å²) in [6, 6.07) is 5.25. The third kappa shape index (κ3) is 4.19. The van der Waals surface area contributed by atoms with Gasteiger partial charge in [-0.2, -0.15) is 0 Å². The Morgan fingerprint density at radius 1 is 1.58 bits per heavy atom. The Morgan fingerprint density at radius 2 is 2.37 bits per heavy atom. The first-order valence-corrected chi connectivity index (χ1v) is 7.33. The summed E-state index contributed by atoms with van der Waals surface area (Å²) in [5.41, 5.74) is 0.886. The lowest BCUT2D eigenvalue weighted by atomic mass is 10.2. The molecule has 19 heavy (non-hydrogen) atoms. The SMILES string of the molecule is Cc1cc(Cl)ccc1OCC(=O)Nc1ncc(Br)s1. The molecule has 0 fully saturated rings. The Balaban J connectivity index is 1.89. The fraction of sp³-hybridized carbons (Fsp3) is 0.167. The van der Waals surface area contributed by atoms with Crippen LogP contribution in [0.3, 0.4) is 0 Å². The molecule has 0 saturated carbocycles. The molecule has 0 aliphatic rings. The van der Waals surface area contributed by atoms with Crippen LogP contribution in [0.4, 0.5) is 5.13 Å². The van der Waals surface area contributed by atoms with E-state index in [1.807, 2.05) is 6.92 Å². The number of amides is 1. The zero-order valence-electron chi connectivity index (χ0n) is 9.94. The molecule has 0 aliphatic heterocycles. The average Bonchev–Trinajstić information content (AvgIpc) is 2.73. The maximum absolute atomic E-state index is 11.7. The van der Waals surface area contributed by atoms with Crippen molar-refractivity contribution in [2.24, 2.45) is 0 Å². The first-order valence-electron chi connectivity index (χ1n) is 5.35. The molecule has 100 valence electrons. The normalized spacial score (nSPS) is 10.3. The standard InChI is InChI=1S/C12H10BrClN2O2S/c1-7-4-8(14)2-3-9(7)18-6-11(17)16-12-15-5-10(13)19-12/h2-5H,6H2,1H3,(H,15,16,17). The van der Waals surface area contributed by atoms with E-state index in [1.54, 1.807) is 24.4 Å². The minimum absolute atomic E-state index is 0.0698.